The van der Waals surface area contributed by atoms with E-state index in [9.17, 15) is 26.3 Å². The minimum Gasteiger partial charge on any atom is -0.507 e. The zero-order valence-electron chi connectivity index (χ0n) is 8.19. The number of alkyl halides is 6. The summed E-state index contributed by atoms with van der Waals surface area (Å²) in [6.07, 6.45) is -10.3. The van der Waals surface area contributed by atoms with Gasteiger partial charge in [0, 0.05) is 0 Å². The summed E-state index contributed by atoms with van der Waals surface area (Å²) in [6, 6.07) is 0.295. The zero-order valence-corrected chi connectivity index (χ0v) is 8.19. The van der Waals surface area contributed by atoms with Crippen molar-refractivity contribution >= 4 is 11.0 Å². The van der Waals surface area contributed by atoms with E-state index in [-0.39, 0.29) is 0 Å². The molecule has 10 heteroatoms. The van der Waals surface area contributed by atoms with Crippen molar-refractivity contribution in [2.75, 3.05) is 0 Å². The van der Waals surface area contributed by atoms with Gasteiger partial charge in [0.1, 0.15) is 27.9 Å². The van der Waals surface area contributed by atoms with Gasteiger partial charge in [-0.15, -0.1) is 0 Å². The highest BCUT2D eigenvalue weighted by Gasteiger charge is 2.44. The average Bonchev–Trinajstić information content (AvgIpc) is 2.59. The van der Waals surface area contributed by atoms with Gasteiger partial charge in [0.05, 0.1) is 0 Å². The summed E-state index contributed by atoms with van der Waals surface area (Å²) in [6.45, 7) is 0. The molecule has 2 rings (SSSR count). The fraction of sp³-hybridized carbons (Fsp3) is 0.250. The van der Waals surface area contributed by atoms with E-state index in [1.165, 1.54) is 0 Å². The van der Waals surface area contributed by atoms with Crippen LogP contribution in [0, 0.1) is 0 Å². The Bertz CT molecular complexity index is 599. The van der Waals surface area contributed by atoms with E-state index in [2.05, 4.69) is 10.2 Å². The number of nitrogens with one attached hydrogen (secondary N) is 1. The van der Waals surface area contributed by atoms with E-state index in [1.807, 2.05) is 0 Å². The van der Waals surface area contributed by atoms with Crippen molar-refractivity contribution in [1.82, 2.24) is 15.4 Å². The van der Waals surface area contributed by atoms with E-state index in [4.69, 9.17) is 5.11 Å². The fourth-order valence-electron chi connectivity index (χ4n) is 1.46. The smallest absolute Gasteiger partial charge is 0.422 e. The van der Waals surface area contributed by atoms with Gasteiger partial charge in [-0.3, -0.25) is 0 Å². The van der Waals surface area contributed by atoms with Gasteiger partial charge in [-0.25, -0.2) is 0 Å². The van der Waals surface area contributed by atoms with Gasteiger partial charge in [-0.1, -0.05) is 0 Å². The van der Waals surface area contributed by atoms with Crippen LogP contribution in [-0.4, -0.2) is 20.5 Å². The molecule has 0 aliphatic carbocycles. The summed E-state index contributed by atoms with van der Waals surface area (Å²) in [4.78, 5) is 0. The van der Waals surface area contributed by atoms with Gasteiger partial charge in [0.15, 0.2) is 0 Å². The van der Waals surface area contributed by atoms with Crippen LogP contribution in [0.25, 0.3) is 11.0 Å². The molecular formula is C8H3F6N3O. The van der Waals surface area contributed by atoms with E-state index in [0.29, 0.717) is 6.07 Å². The van der Waals surface area contributed by atoms with E-state index in [0.717, 1.165) is 0 Å². The molecule has 4 nitrogen and oxygen atoms in total. The van der Waals surface area contributed by atoms with Crippen LogP contribution in [-0.2, 0) is 12.4 Å². The number of nitrogens with zero attached hydrogens (tertiary/aromatic N) is 2. The van der Waals surface area contributed by atoms with E-state index in [1.54, 1.807) is 5.21 Å². The number of phenols is 1. The minimum absolute atomic E-state index is 0.295. The quantitative estimate of drug-likeness (QED) is 0.724. The third kappa shape index (κ3) is 1.83. The van der Waals surface area contributed by atoms with Crippen LogP contribution in [0.5, 0.6) is 5.75 Å². The van der Waals surface area contributed by atoms with Gasteiger partial charge in [-0.2, -0.15) is 41.8 Å². The van der Waals surface area contributed by atoms with Crippen molar-refractivity contribution in [3.8, 4) is 5.75 Å². The Morgan fingerprint density at radius 3 is 2.11 bits per heavy atom. The topological polar surface area (TPSA) is 61.8 Å². The Morgan fingerprint density at radius 1 is 1.00 bits per heavy atom. The lowest BCUT2D eigenvalue weighted by Gasteiger charge is -2.14. The first-order chi connectivity index (χ1) is 8.12. The number of fused-ring (bicyclic) bond motifs is 1. The molecule has 0 saturated carbocycles. The SMILES string of the molecule is Oc1c(C(F)(F)F)cc2n[nH]nc2c1C(F)(F)F. The maximum Gasteiger partial charge on any atom is 0.422 e. The van der Waals surface area contributed by atoms with Crippen molar-refractivity contribution < 1.29 is 31.4 Å². The van der Waals surface area contributed by atoms with Crippen molar-refractivity contribution in [2.24, 2.45) is 0 Å². The number of halogens is 6. The molecule has 0 aliphatic rings. The molecule has 0 saturated heterocycles. The molecule has 0 aliphatic heterocycles. The standard InChI is InChI=1S/C8H3F6N3O/c9-7(10,11)2-1-3-5(16-17-15-3)4(6(2)18)8(12,13)14/h1,18H,(H,15,16,17). The van der Waals surface area contributed by atoms with Crippen LogP contribution < -0.4 is 0 Å². The summed E-state index contributed by atoms with van der Waals surface area (Å²) in [5.74, 6) is -1.91. The van der Waals surface area contributed by atoms with Gasteiger partial charge in [0.25, 0.3) is 0 Å². The number of aromatic nitrogens is 3. The average molecular weight is 271 g/mol. The largest absolute Gasteiger partial charge is 0.507 e. The highest BCUT2D eigenvalue weighted by molar-refractivity contribution is 5.82. The first kappa shape index (κ1) is 12.5. The molecule has 0 unspecified atom stereocenters. The Balaban J connectivity index is 2.89. The Hall–Kier alpha value is -2.00. The lowest BCUT2D eigenvalue weighted by atomic mass is 10.1. The van der Waals surface area contributed by atoms with Crippen LogP contribution >= 0.6 is 0 Å². The molecule has 98 valence electrons. The predicted octanol–water partition coefficient (Wildman–Crippen LogP) is 2.70. The van der Waals surface area contributed by atoms with Crippen molar-refractivity contribution in [2.45, 2.75) is 12.4 Å². The molecule has 0 bridgehead atoms. The summed E-state index contributed by atoms with van der Waals surface area (Å²) in [7, 11) is 0. The number of hydrogen-bond donors (Lipinski definition) is 2. The number of H-pyrrole nitrogens is 1. The Labute approximate surface area is 94.2 Å². The third-order valence-electron chi connectivity index (χ3n) is 2.17. The molecule has 0 spiro atoms. The highest BCUT2D eigenvalue weighted by atomic mass is 19.4. The second kappa shape index (κ2) is 3.50. The fourth-order valence-corrected chi connectivity index (χ4v) is 1.46. The van der Waals surface area contributed by atoms with Crippen LogP contribution in [0.2, 0.25) is 0 Å². The molecule has 2 aromatic rings. The van der Waals surface area contributed by atoms with Gasteiger partial charge >= 0.3 is 12.4 Å². The second-order valence-corrected chi connectivity index (χ2v) is 3.33. The van der Waals surface area contributed by atoms with Crippen LogP contribution in [0.3, 0.4) is 0 Å². The van der Waals surface area contributed by atoms with Gasteiger partial charge < -0.3 is 5.11 Å². The van der Waals surface area contributed by atoms with Gasteiger partial charge in [0.2, 0.25) is 0 Å². The first-order valence-electron chi connectivity index (χ1n) is 4.33. The number of benzene rings is 1. The van der Waals surface area contributed by atoms with Gasteiger partial charge in [-0.05, 0) is 6.07 Å². The molecule has 0 amide bonds. The van der Waals surface area contributed by atoms with Crippen LogP contribution in [0.15, 0.2) is 6.07 Å². The maximum absolute atomic E-state index is 12.6. The van der Waals surface area contributed by atoms with Crippen molar-refractivity contribution in [1.29, 1.82) is 0 Å². The molecule has 18 heavy (non-hydrogen) atoms. The van der Waals surface area contributed by atoms with Crippen molar-refractivity contribution in [3.63, 3.8) is 0 Å². The lowest BCUT2D eigenvalue weighted by molar-refractivity contribution is -0.144. The summed E-state index contributed by atoms with van der Waals surface area (Å²) < 4.78 is 75.2. The third-order valence-corrected chi connectivity index (χ3v) is 2.17. The van der Waals surface area contributed by atoms with Crippen LogP contribution in [0.4, 0.5) is 26.3 Å². The normalized spacial score (nSPS) is 13.2. The summed E-state index contributed by atoms with van der Waals surface area (Å²) in [5.41, 5.74) is -5.17. The molecule has 0 atom stereocenters. The Morgan fingerprint density at radius 2 is 1.61 bits per heavy atom. The maximum atomic E-state index is 12.6. The monoisotopic (exact) mass is 271 g/mol. The lowest BCUT2D eigenvalue weighted by Crippen LogP contribution is -2.12. The number of hydrogen-bond acceptors (Lipinski definition) is 3. The zero-order chi connectivity index (χ0) is 13.7. The van der Waals surface area contributed by atoms with E-state index >= 15 is 0 Å². The summed E-state index contributed by atoms with van der Waals surface area (Å²) >= 11 is 0. The molecular weight excluding hydrogens is 268 g/mol. The molecule has 1 aromatic heterocycles. The number of phenolic OH excluding ortho intramolecular Hbond substituents is 1. The highest BCUT2D eigenvalue weighted by Crippen LogP contribution is 2.46. The Kier molecular flexibility index (Phi) is 2.42. The van der Waals surface area contributed by atoms with E-state index < -0.39 is 40.3 Å². The number of rotatable bonds is 0. The predicted molar refractivity (Wildman–Crippen MR) is 45.6 cm³/mol. The molecule has 1 heterocycles. The molecule has 2 N–H and O–H groups in total. The van der Waals surface area contributed by atoms with Crippen LogP contribution in [0.1, 0.15) is 11.1 Å². The first-order valence-corrected chi connectivity index (χ1v) is 4.33. The minimum atomic E-state index is -5.18. The second-order valence-electron chi connectivity index (χ2n) is 3.33. The van der Waals surface area contributed by atoms with Crippen molar-refractivity contribution in [3.05, 3.63) is 17.2 Å². The molecule has 0 fully saturated rings. The molecule has 0 radical (unpaired) electrons. The number of aromatic amines is 1. The molecule has 1 aromatic carbocycles. The summed E-state index contributed by atoms with van der Waals surface area (Å²) in [5, 5.41) is 17.2. The number of aromatic hydroxyl groups is 1.